The molecule has 0 aliphatic rings. The van der Waals surface area contributed by atoms with Gasteiger partial charge in [-0.15, -0.1) is 0 Å². The van der Waals surface area contributed by atoms with Crippen molar-refractivity contribution in [2.24, 2.45) is 0 Å². The zero-order chi connectivity index (χ0) is 19.6. The molecule has 0 unspecified atom stereocenters. The summed E-state index contributed by atoms with van der Waals surface area (Å²) in [6, 6.07) is 6.80. The van der Waals surface area contributed by atoms with E-state index in [2.05, 4.69) is 20.6 Å². The van der Waals surface area contributed by atoms with E-state index in [1.165, 1.54) is 12.4 Å². The second-order valence-corrected chi connectivity index (χ2v) is 5.99. The van der Waals surface area contributed by atoms with Gasteiger partial charge in [-0.3, -0.25) is 4.79 Å². The van der Waals surface area contributed by atoms with E-state index in [0.29, 0.717) is 10.7 Å². The van der Waals surface area contributed by atoms with Gasteiger partial charge in [0.25, 0.3) is 5.91 Å². The Labute approximate surface area is 157 Å². The molecule has 9 heteroatoms. The summed E-state index contributed by atoms with van der Waals surface area (Å²) in [4.78, 5) is 20.0. The Bertz CT molecular complexity index is 1010. The number of aryl methyl sites for hydroxylation is 1. The maximum absolute atomic E-state index is 13.7. The lowest BCUT2D eigenvalue weighted by molar-refractivity contribution is 0.102. The van der Waals surface area contributed by atoms with E-state index in [1.807, 2.05) is 0 Å². The van der Waals surface area contributed by atoms with Gasteiger partial charge in [0.2, 0.25) is 5.95 Å². The minimum absolute atomic E-state index is 0.0841. The highest BCUT2D eigenvalue weighted by Gasteiger charge is 2.15. The van der Waals surface area contributed by atoms with E-state index >= 15 is 0 Å². The van der Waals surface area contributed by atoms with Gasteiger partial charge >= 0.3 is 0 Å². The Morgan fingerprint density at radius 2 is 1.67 bits per heavy atom. The summed E-state index contributed by atoms with van der Waals surface area (Å²) in [7, 11) is 0. The lowest BCUT2D eigenvalue weighted by atomic mass is 10.2. The maximum atomic E-state index is 13.7. The molecule has 1 aromatic heterocycles. The van der Waals surface area contributed by atoms with Crippen molar-refractivity contribution in [2.45, 2.75) is 6.92 Å². The number of anilines is 3. The van der Waals surface area contributed by atoms with Gasteiger partial charge in [0.1, 0.15) is 0 Å². The van der Waals surface area contributed by atoms with E-state index in [4.69, 9.17) is 11.6 Å². The molecule has 2 N–H and O–H groups in total. The summed E-state index contributed by atoms with van der Waals surface area (Å²) in [5.41, 5.74) is 1.18. The topological polar surface area (TPSA) is 66.9 Å². The summed E-state index contributed by atoms with van der Waals surface area (Å²) in [6.45, 7) is 1.79. The highest BCUT2D eigenvalue weighted by atomic mass is 35.5. The molecule has 3 aromatic rings. The van der Waals surface area contributed by atoms with Gasteiger partial charge in [-0.1, -0.05) is 11.6 Å². The highest BCUT2D eigenvalue weighted by Crippen LogP contribution is 2.22. The monoisotopic (exact) mass is 392 g/mol. The number of nitrogens with zero attached hydrogens (tertiary/aromatic N) is 2. The van der Waals surface area contributed by atoms with Crippen LogP contribution < -0.4 is 10.6 Å². The fourth-order valence-electron chi connectivity index (χ4n) is 2.21. The first-order chi connectivity index (χ1) is 12.8. The smallest absolute Gasteiger partial charge is 0.258 e. The molecule has 0 bridgehead atoms. The highest BCUT2D eigenvalue weighted by molar-refractivity contribution is 6.30. The lowest BCUT2D eigenvalue weighted by Gasteiger charge is -2.09. The third kappa shape index (κ3) is 4.17. The van der Waals surface area contributed by atoms with E-state index in [-0.39, 0.29) is 17.2 Å². The van der Waals surface area contributed by atoms with Crippen molar-refractivity contribution in [3.05, 3.63) is 76.3 Å². The van der Waals surface area contributed by atoms with Gasteiger partial charge in [0.15, 0.2) is 17.5 Å². The zero-order valence-corrected chi connectivity index (χ0v) is 14.6. The number of amides is 1. The van der Waals surface area contributed by atoms with Crippen molar-refractivity contribution in [3.8, 4) is 0 Å². The minimum Gasteiger partial charge on any atom is -0.322 e. The summed E-state index contributed by atoms with van der Waals surface area (Å²) in [5, 5.41) is 5.67. The quantitative estimate of drug-likeness (QED) is 0.623. The minimum atomic E-state index is -1.60. The van der Waals surface area contributed by atoms with Gasteiger partial charge in [-0.2, -0.15) is 0 Å². The Balaban J connectivity index is 1.73. The van der Waals surface area contributed by atoms with E-state index in [9.17, 15) is 18.0 Å². The van der Waals surface area contributed by atoms with Gasteiger partial charge in [-0.25, -0.2) is 23.1 Å². The molecule has 1 amide bonds. The summed E-state index contributed by atoms with van der Waals surface area (Å²) >= 11 is 5.87. The number of carbonyl (C=O) groups is 1. The molecule has 0 radical (unpaired) electrons. The first-order valence-electron chi connectivity index (χ1n) is 7.65. The number of nitrogens with one attached hydrogen (secondary N) is 2. The van der Waals surface area contributed by atoms with Crippen LogP contribution >= 0.6 is 11.6 Å². The van der Waals surface area contributed by atoms with E-state index < -0.39 is 23.4 Å². The third-order valence-corrected chi connectivity index (χ3v) is 3.87. The second-order valence-electron chi connectivity index (χ2n) is 5.56. The van der Waals surface area contributed by atoms with Gasteiger partial charge in [0, 0.05) is 23.1 Å². The first-order valence-corrected chi connectivity index (χ1v) is 8.03. The van der Waals surface area contributed by atoms with Crippen molar-refractivity contribution in [1.29, 1.82) is 0 Å². The SMILES string of the molecule is Cc1cc(Cl)ccc1NC(=O)c1cnc(Nc2ccc(F)c(F)c2F)nc1. The standard InChI is InChI=1S/C18H12ClF3N4O/c1-9-6-11(19)2-4-13(9)25-17(27)10-7-23-18(24-8-10)26-14-5-3-12(20)15(21)16(14)22/h2-8H,1H3,(H,25,27)(H,23,24,26). The Kier molecular flexibility index (Phi) is 5.27. The third-order valence-electron chi connectivity index (χ3n) is 3.63. The van der Waals surface area contributed by atoms with Crippen LogP contribution in [-0.4, -0.2) is 15.9 Å². The van der Waals surface area contributed by atoms with E-state index in [1.54, 1.807) is 25.1 Å². The van der Waals surface area contributed by atoms with Crippen molar-refractivity contribution in [1.82, 2.24) is 9.97 Å². The number of carbonyl (C=O) groups excluding carboxylic acids is 1. The molecule has 3 rings (SSSR count). The van der Waals surface area contributed by atoms with Crippen LogP contribution in [0.15, 0.2) is 42.7 Å². The molecule has 2 aromatic carbocycles. The summed E-state index contributed by atoms with van der Waals surface area (Å²) < 4.78 is 39.8. The molecular weight excluding hydrogens is 381 g/mol. The number of halogens is 4. The fraction of sp³-hybridized carbons (Fsp3) is 0.0556. The number of benzene rings is 2. The van der Waals surface area contributed by atoms with Crippen LogP contribution in [0.3, 0.4) is 0 Å². The zero-order valence-electron chi connectivity index (χ0n) is 13.9. The van der Waals surface area contributed by atoms with Crippen LogP contribution in [0.4, 0.5) is 30.5 Å². The molecule has 138 valence electrons. The number of rotatable bonds is 4. The van der Waals surface area contributed by atoms with Crippen molar-refractivity contribution in [2.75, 3.05) is 10.6 Å². The maximum Gasteiger partial charge on any atom is 0.258 e. The largest absolute Gasteiger partial charge is 0.322 e. The normalized spacial score (nSPS) is 10.6. The van der Waals surface area contributed by atoms with Crippen LogP contribution in [-0.2, 0) is 0 Å². The predicted molar refractivity (Wildman–Crippen MR) is 95.8 cm³/mol. The van der Waals surface area contributed by atoms with Gasteiger partial charge in [-0.05, 0) is 42.8 Å². The molecule has 0 fully saturated rings. The van der Waals surface area contributed by atoms with Gasteiger partial charge < -0.3 is 10.6 Å². The summed E-state index contributed by atoms with van der Waals surface area (Å²) in [5.74, 6) is -4.83. The second kappa shape index (κ2) is 7.63. The molecule has 1 heterocycles. The molecule has 27 heavy (non-hydrogen) atoms. The number of aromatic nitrogens is 2. The molecule has 0 saturated carbocycles. The molecule has 0 atom stereocenters. The van der Waals surface area contributed by atoms with Crippen LogP contribution in [0.5, 0.6) is 0 Å². The molecule has 5 nitrogen and oxygen atoms in total. The van der Waals surface area contributed by atoms with Crippen molar-refractivity contribution >= 4 is 34.8 Å². The summed E-state index contributed by atoms with van der Waals surface area (Å²) in [6.07, 6.45) is 2.43. The predicted octanol–water partition coefficient (Wildman–Crippen LogP) is 4.85. The number of hydrogen-bond acceptors (Lipinski definition) is 4. The van der Waals surface area contributed by atoms with Crippen LogP contribution in [0, 0.1) is 24.4 Å². The van der Waals surface area contributed by atoms with Crippen LogP contribution in [0.1, 0.15) is 15.9 Å². The van der Waals surface area contributed by atoms with Crippen molar-refractivity contribution < 1.29 is 18.0 Å². The molecule has 0 aliphatic carbocycles. The van der Waals surface area contributed by atoms with Gasteiger partial charge in [0.05, 0.1) is 11.3 Å². The lowest BCUT2D eigenvalue weighted by Crippen LogP contribution is -2.14. The molecular formula is C18H12ClF3N4O. The number of hydrogen-bond donors (Lipinski definition) is 2. The molecule has 0 spiro atoms. The van der Waals surface area contributed by atoms with Crippen LogP contribution in [0.2, 0.25) is 5.02 Å². The fourth-order valence-corrected chi connectivity index (χ4v) is 2.44. The van der Waals surface area contributed by atoms with E-state index in [0.717, 1.165) is 17.7 Å². The Morgan fingerprint density at radius 3 is 2.33 bits per heavy atom. The molecule has 0 aliphatic heterocycles. The Hall–Kier alpha value is -3.13. The van der Waals surface area contributed by atoms with Crippen molar-refractivity contribution in [3.63, 3.8) is 0 Å². The molecule has 0 saturated heterocycles. The van der Waals surface area contributed by atoms with Crippen LogP contribution in [0.25, 0.3) is 0 Å². The first kappa shape index (κ1) is 18.7. The average Bonchev–Trinajstić information content (AvgIpc) is 2.65. The Morgan fingerprint density at radius 1 is 1.00 bits per heavy atom. The average molecular weight is 393 g/mol.